The zero-order chi connectivity index (χ0) is 11.5. The van der Waals surface area contributed by atoms with E-state index >= 15 is 0 Å². The SMILES string of the molecule is CCOCC(O)COCC(I)COCC. The van der Waals surface area contributed by atoms with Crippen LogP contribution < -0.4 is 0 Å². The van der Waals surface area contributed by atoms with Crippen LogP contribution in [-0.2, 0) is 14.2 Å². The van der Waals surface area contributed by atoms with Crippen LogP contribution in [0.25, 0.3) is 0 Å². The maximum absolute atomic E-state index is 9.39. The van der Waals surface area contributed by atoms with Gasteiger partial charge >= 0.3 is 0 Å². The monoisotopic (exact) mass is 332 g/mol. The van der Waals surface area contributed by atoms with Crippen LogP contribution in [0.3, 0.4) is 0 Å². The molecule has 4 nitrogen and oxygen atoms in total. The molecule has 0 aliphatic heterocycles. The van der Waals surface area contributed by atoms with E-state index in [0.717, 1.165) is 6.61 Å². The molecule has 2 atom stereocenters. The molecule has 0 amide bonds. The lowest BCUT2D eigenvalue weighted by Crippen LogP contribution is -2.24. The Morgan fingerprint density at radius 2 is 1.40 bits per heavy atom. The molecule has 0 aromatic carbocycles. The summed E-state index contributed by atoms with van der Waals surface area (Å²) in [6.45, 7) is 7.18. The molecule has 0 heterocycles. The van der Waals surface area contributed by atoms with E-state index < -0.39 is 6.10 Å². The van der Waals surface area contributed by atoms with Gasteiger partial charge in [-0.05, 0) is 13.8 Å². The number of ether oxygens (including phenoxy) is 3. The Morgan fingerprint density at radius 1 is 0.933 bits per heavy atom. The summed E-state index contributed by atoms with van der Waals surface area (Å²) in [5, 5.41) is 9.39. The first-order valence-electron chi connectivity index (χ1n) is 5.26. The zero-order valence-corrected chi connectivity index (χ0v) is 11.6. The lowest BCUT2D eigenvalue weighted by Gasteiger charge is -2.13. The molecule has 0 bridgehead atoms. The number of aliphatic hydroxyl groups is 1. The largest absolute Gasteiger partial charge is 0.388 e. The van der Waals surface area contributed by atoms with E-state index in [1.54, 1.807) is 0 Å². The van der Waals surface area contributed by atoms with Gasteiger partial charge in [-0.1, -0.05) is 22.6 Å². The fraction of sp³-hybridized carbons (Fsp3) is 1.00. The molecule has 2 unspecified atom stereocenters. The first-order valence-corrected chi connectivity index (χ1v) is 6.50. The molecule has 92 valence electrons. The summed E-state index contributed by atoms with van der Waals surface area (Å²) in [7, 11) is 0. The van der Waals surface area contributed by atoms with E-state index in [4.69, 9.17) is 14.2 Å². The fourth-order valence-electron chi connectivity index (χ4n) is 0.928. The number of aliphatic hydroxyl groups excluding tert-OH is 1. The molecule has 0 aromatic rings. The summed E-state index contributed by atoms with van der Waals surface area (Å²) in [6, 6.07) is 0. The van der Waals surface area contributed by atoms with Gasteiger partial charge in [0.15, 0.2) is 0 Å². The maximum atomic E-state index is 9.39. The zero-order valence-electron chi connectivity index (χ0n) is 9.45. The molecule has 0 aromatic heterocycles. The summed E-state index contributed by atoms with van der Waals surface area (Å²) in [5.41, 5.74) is 0. The molecule has 0 rings (SSSR count). The molecule has 1 N–H and O–H groups in total. The van der Waals surface area contributed by atoms with Gasteiger partial charge in [0, 0.05) is 13.2 Å². The predicted molar refractivity (Wildman–Crippen MR) is 67.6 cm³/mol. The van der Waals surface area contributed by atoms with Crippen LogP contribution in [0.15, 0.2) is 0 Å². The van der Waals surface area contributed by atoms with Crippen molar-refractivity contribution in [3.05, 3.63) is 0 Å². The van der Waals surface area contributed by atoms with Crippen molar-refractivity contribution in [2.75, 3.05) is 39.6 Å². The summed E-state index contributed by atoms with van der Waals surface area (Å²) in [6.07, 6.45) is -0.527. The molecule has 0 spiro atoms. The Hall–Kier alpha value is 0.570. The van der Waals surface area contributed by atoms with Crippen molar-refractivity contribution in [3.8, 4) is 0 Å². The van der Waals surface area contributed by atoms with E-state index in [2.05, 4.69) is 22.6 Å². The number of halogens is 1. The van der Waals surface area contributed by atoms with Crippen LogP contribution in [0.2, 0.25) is 0 Å². The Kier molecular flexibility index (Phi) is 11.5. The molecule has 0 aliphatic carbocycles. The third kappa shape index (κ3) is 10.8. The summed E-state index contributed by atoms with van der Waals surface area (Å²) >= 11 is 2.28. The van der Waals surface area contributed by atoms with E-state index in [0.29, 0.717) is 37.0 Å². The molecule has 0 fully saturated rings. The van der Waals surface area contributed by atoms with Crippen molar-refractivity contribution >= 4 is 22.6 Å². The molecule has 0 radical (unpaired) electrons. The van der Waals surface area contributed by atoms with Crippen LogP contribution in [-0.4, -0.2) is 54.8 Å². The Labute approximate surface area is 105 Å². The summed E-state index contributed by atoms with van der Waals surface area (Å²) < 4.78 is 16.0. The van der Waals surface area contributed by atoms with Gasteiger partial charge in [0.1, 0.15) is 6.10 Å². The van der Waals surface area contributed by atoms with Gasteiger partial charge in [-0.2, -0.15) is 0 Å². The minimum atomic E-state index is -0.527. The summed E-state index contributed by atoms with van der Waals surface area (Å²) in [4.78, 5) is 0. The molecule has 0 saturated heterocycles. The van der Waals surface area contributed by atoms with Crippen LogP contribution >= 0.6 is 22.6 Å². The number of hydrogen-bond donors (Lipinski definition) is 1. The molecular weight excluding hydrogens is 311 g/mol. The predicted octanol–water partition coefficient (Wildman–Crippen LogP) is 1.24. The maximum Gasteiger partial charge on any atom is 0.101 e. The highest BCUT2D eigenvalue weighted by atomic mass is 127. The van der Waals surface area contributed by atoms with Gasteiger partial charge < -0.3 is 19.3 Å². The van der Waals surface area contributed by atoms with Gasteiger partial charge in [0.25, 0.3) is 0 Å². The Bertz CT molecular complexity index is 121. The van der Waals surface area contributed by atoms with Crippen LogP contribution in [0.5, 0.6) is 0 Å². The van der Waals surface area contributed by atoms with Gasteiger partial charge in [0.05, 0.1) is 30.4 Å². The second-order valence-corrected chi connectivity index (χ2v) is 4.87. The van der Waals surface area contributed by atoms with E-state index in [9.17, 15) is 5.11 Å². The first kappa shape index (κ1) is 15.6. The standard InChI is InChI=1S/C10H21IO4/c1-3-13-5-9(11)6-15-8-10(12)7-14-4-2/h9-10,12H,3-8H2,1-2H3. The lowest BCUT2D eigenvalue weighted by atomic mass is 10.4. The lowest BCUT2D eigenvalue weighted by molar-refractivity contribution is -0.0179. The van der Waals surface area contributed by atoms with Gasteiger partial charge in [-0.25, -0.2) is 0 Å². The van der Waals surface area contributed by atoms with E-state index in [1.807, 2.05) is 13.8 Å². The second-order valence-electron chi connectivity index (χ2n) is 3.11. The minimum Gasteiger partial charge on any atom is -0.388 e. The highest BCUT2D eigenvalue weighted by Crippen LogP contribution is 2.02. The van der Waals surface area contributed by atoms with E-state index in [1.165, 1.54) is 0 Å². The van der Waals surface area contributed by atoms with Crippen molar-refractivity contribution in [2.24, 2.45) is 0 Å². The Balaban J connectivity index is 3.27. The van der Waals surface area contributed by atoms with Crippen molar-refractivity contribution in [1.82, 2.24) is 0 Å². The normalized spacial score (nSPS) is 15.2. The smallest absolute Gasteiger partial charge is 0.101 e. The molecule has 0 saturated carbocycles. The average molecular weight is 332 g/mol. The van der Waals surface area contributed by atoms with Crippen LogP contribution in [0.4, 0.5) is 0 Å². The second kappa shape index (κ2) is 11.1. The number of alkyl halides is 1. The first-order chi connectivity index (χ1) is 7.20. The fourth-order valence-corrected chi connectivity index (χ4v) is 1.44. The van der Waals surface area contributed by atoms with Gasteiger partial charge in [-0.3, -0.25) is 0 Å². The van der Waals surface area contributed by atoms with Crippen LogP contribution in [0, 0.1) is 0 Å². The summed E-state index contributed by atoms with van der Waals surface area (Å²) in [5.74, 6) is 0. The average Bonchev–Trinajstić information content (AvgIpc) is 2.23. The highest BCUT2D eigenvalue weighted by Gasteiger charge is 2.07. The highest BCUT2D eigenvalue weighted by molar-refractivity contribution is 14.1. The van der Waals surface area contributed by atoms with Crippen LogP contribution in [0.1, 0.15) is 13.8 Å². The molecule has 15 heavy (non-hydrogen) atoms. The quantitative estimate of drug-likeness (QED) is 0.483. The number of rotatable bonds is 10. The van der Waals surface area contributed by atoms with Gasteiger partial charge in [0.2, 0.25) is 0 Å². The Morgan fingerprint density at radius 3 is 2.00 bits per heavy atom. The van der Waals surface area contributed by atoms with E-state index in [-0.39, 0.29) is 0 Å². The molecular formula is C10H21IO4. The third-order valence-electron chi connectivity index (χ3n) is 1.63. The van der Waals surface area contributed by atoms with Crippen molar-refractivity contribution in [2.45, 2.75) is 23.9 Å². The van der Waals surface area contributed by atoms with Crippen molar-refractivity contribution < 1.29 is 19.3 Å². The van der Waals surface area contributed by atoms with Gasteiger partial charge in [-0.15, -0.1) is 0 Å². The van der Waals surface area contributed by atoms with Crippen molar-refractivity contribution in [1.29, 1.82) is 0 Å². The molecule has 0 aliphatic rings. The minimum absolute atomic E-state index is 0.325. The third-order valence-corrected chi connectivity index (χ3v) is 2.35. The van der Waals surface area contributed by atoms with Crippen molar-refractivity contribution in [3.63, 3.8) is 0 Å². The number of hydrogen-bond acceptors (Lipinski definition) is 4. The molecule has 5 heteroatoms. The topological polar surface area (TPSA) is 47.9 Å².